The second-order valence-electron chi connectivity index (χ2n) is 3.42. The van der Waals surface area contributed by atoms with Crippen LogP contribution in [0.3, 0.4) is 0 Å². The van der Waals surface area contributed by atoms with Crippen molar-refractivity contribution in [1.29, 1.82) is 0 Å². The smallest absolute Gasteiger partial charge is 0.251 e. The molecule has 0 radical (unpaired) electrons. The summed E-state index contributed by atoms with van der Waals surface area (Å²) in [6.45, 7) is 0.183. The molecule has 0 aliphatic heterocycles. The highest BCUT2D eigenvalue weighted by atomic mass is 32.2. The Bertz CT molecular complexity index is 549. The number of amides is 1. The maximum Gasteiger partial charge on any atom is 0.251 e. The van der Waals surface area contributed by atoms with Gasteiger partial charge in [0.25, 0.3) is 5.91 Å². The van der Waals surface area contributed by atoms with E-state index in [-0.39, 0.29) is 29.8 Å². The molecule has 0 bridgehead atoms. The zero-order chi connectivity index (χ0) is 12.9. The molecule has 17 heavy (non-hydrogen) atoms. The van der Waals surface area contributed by atoms with Crippen LogP contribution in [-0.2, 0) is 10.0 Å². The Balaban J connectivity index is 2.43. The molecule has 94 valence electrons. The predicted octanol–water partition coefficient (Wildman–Crippen LogP) is -1.22. The number of carbonyl (C=O) groups is 1. The van der Waals surface area contributed by atoms with E-state index in [1.165, 1.54) is 12.3 Å². The number of carbonyl (C=O) groups excluding carboxylic acids is 1. The van der Waals surface area contributed by atoms with Crippen LogP contribution < -0.4 is 16.0 Å². The average Bonchev–Trinajstić information content (AvgIpc) is 2.23. The number of hydrogen-bond acceptors (Lipinski definition) is 4. The minimum absolute atomic E-state index is 0.183. The van der Waals surface area contributed by atoms with Crippen LogP contribution in [0.15, 0.2) is 23.1 Å². The Kier molecular flexibility index (Phi) is 4.41. The summed E-state index contributed by atoms with van der Waals surface area (Å²) in [5.74, 6) is -0.617. The molecule has 1 aromatic heterocycles. The molecule has 1 aromatic rings. The lowest BCUT2D eigenvalue weighted by Crippen LogP contribution is -2.28. The van der Waals surface area contributed by atoms with Crippen LogP contribution in [0.5, 0.6) is 0 Å². The molecule has 0 aliphatic rings. The van der Waals surface area contributed by atoms with Gasteiger partial charge < -0.3 is 10.3 Å². The molecule has 7 nitrogen and oxygen atoms in total. The number of aromatic nitrogens is 1. The molecule has 0 unspecified atom stereocenters. The van der Waals surface area contributed by atoms with Gasteiger partial charge in [-0.25, -0.2) is 13.6 Å². The molecule has 1 heterocycles. The molecule has 0 aromatic carbocycles. The summed E-state index contributed by atoms with van der Waals surface area (Å²) in [6.07, 6.45) is 1.59. The van der Waals surface area contributed by atoms with E-state index in [1.807, 2.05) is 0 Å². The summed E-state index contributed by atoms with van der Waals surface area (Å²) in [5.41, 5.74) is -0.147. The van der Waals surface area contributed by atoms with Gasteiger partial charge in [0.05, 0.1) is 5.75 Å². The van der Waals surface area contributed by atoms with E-state index in [9.17, 15) is 18.0 Å². The third-order valence-corrected chi connectivity index (χ3v) is 2.79. The Hall–Kier alpha value is -1.67. The number of hydrogen-bond donors (Lipinski definition) is 3. The number of rotatable bonds is 5. The van der Waals surface area contributed by atoms with E-state index in [0.29, 0.717) is 0 Å². The van der Waals surface area contributed by atoms with Gasteiger partial charge in [-0.3, -0.25) is 9.59 Å². The van der Waals surface area contributed by atoms with Crippen LogP contribution in [0.4, 0.5) is 0 Å². The maximum atomic E-state index is 11.5. The SMILES string of the molecule is NS(=O)(=O)CCCNC(=O)c1cc[nH]c(=O)c1. The molecule has 1 rings (SSSR count). The van der Waals surface area contributed by atoms with Crippen molar-refractivity contribution >= 4 is 15.9 Å². The lowest BCUT2D eigenvalue weighted by Gasteiger charge is -2.03. The molecule has 0 fully saturated rings. The van der Waals surface area contributed by atoms with Crippen molar-refractivity contribution in [1.82, 2.24) is 10.3 Å². The van der Waals surface area contributed by atoms with E-state index in [2.05, 4.69) is 10.3 Å². The zero-order valence-corrected chi connectivity index (χ0v) is 9.79. The number of pyridine rings is 1. The van der Waals surface area contributed by atoms with Crippen molar-refractivity contribution in [3.05, 3.63) is 34.2 Å². The van der Waals surface area contributed by atoms with Crippen LogP contribution in [0, 0.1) is 0 Å². The van der Waals surface area contributed by atoms with Gasteiger partial charge in [0.15, 0.2) is 0 Å². The van der Waals surface area contributed by atoms with Crippen LogP contribution in [0.25, 0.3) is 0 Å². The average molecular weight is 259 g/mol. The predicted molar refractivity (Wildman–Crippen MR) is 62.0 cm³/mol. The van der Waals surface area contributed by atoms with Gasteiger partial charge in [0.2, 0.25) is 15.6 Å². The summed E-state index contributed by atoms with van der Waals surface area (Å²) >= 11 is 0. The highest BCUT2D eigenvalue weighted by Crippen LogP contribution is 1.93. The standard InChI is InChI=1S/C9H13N3O4S/c10-17(15,16)5-1-3-12-9(14)7-2-4-11-8(13)6-7/h2,4,6H,1,3,5H2,(H,11,13)(H,12,14)(H2,10,15,16). The largest absolute Gasteiger partial charge is 0.352 e. The minimum atomic E-state index is -3.50. The van der Waals surface area contributed by atoms with Crippen molar-refractivity contribution < 1.29 is 13.2 Å². The van der Waals surface area contributed by atoms with Crippen molar-refractivity contribution in [2.45, 2.75) is 6.42 Å². The van der Waals surface area contributed by atoms with Gasteiger partial charge in [-0.1, -0.05) is 0 Å². The van der Waals surface area contributed by atoms with Crippen molar-refractivity contribution in [2.75, 3.05) is 12.3 Å². The Morgan fingerprint density at radius 2 is 2.18 bits per heavy atom. The second-order valence-corrected chi connectivity index (χ2v) is 5.15. The third-order valence-electron chi connectivity index (χ3n) is 1.93. The quantitative estimate of drug-likeness (QED) is 0.574. The summed E-state index contributed by atoms with van der Waals surface area (Å²) in [6, 6.07) is 2.62. The highest BCUT2D eigenvalue weighted by molar-refractivity contribution is 7.89. The molecule has 0 aliphatic carbocycles. The number of nitrogens with two attached hydrogens (primary N) is 1. The fourth-order valence-electron chi connectivity index (χ4n) is 1.16. The number of nitrogens with one attached hydrogen (secondary N) is 2. The van der Waals surface area contributed by atoms with E-state index in [0.717, 1.165) is 6.07 Å². The molecule has 0 spiro atoms. The highest BCUT2D eigenvalue weighted by Gasteiger charge is 2.06. The maximum absolute atomic E-state index is 11.5. The van der Waals surface area contributed by atoms with Crippen LogP contribution in [-0.4, -0.2) is 31.6 Å². The molecule has 0 saturated carbocycles. The molecule has 1 amide bonds. The van der Waals surface area contributed by atoms with Crippen molar-refractivity contribution in [3.8, 4) is 0 Å². The van der Waals surface area contributed by atoms with E-state index >= 15 is 0 Å². The first-order valence-electron chi connectivity index (χ1n) is 4.86. The first kappa shape index (κ1) is 13.4. The van der Waals surface area contributed by atoms with Crippen molar-refractivity contribution in [2.24, 2.45) is 5.14 Å². The number of H-pyrrole nitrogens is 1. The zero-order valence-electron chi connectivity index (χ0n) is 8.97. The van der Waals surface area contributed by atoms with E-state index in [4.69, 9.17) is 5.14 Å². The molecule has 4 N–H and O–H groups in total. The van der Waals surface area contributed by atoms with Gasteiger partial charge in [-0.2, -0.15) is 0 Å². The van der Waals surface area contributed by atoms with E-state index in [1.54, 1.807) is 0 Å². The van der Waals surface area contributed by atoms with E-state index < -0.39 is 15.9 Å². The Morgan fingerprint density at radius 3 is 2.76 bits per heavy atom. The Morgan fingerprint density at radius 1 is 1.47 bits per heavy atom. The monoisotopic (exact) mass is 259 g/mol. The van der Waals surface area contributed by atoms with Crippen LogP contribution in [0.1, 0.15) is 16.8 Å². The summed E-state index contributed by atoms with van der Waals surface area (Å²) in [5, 5.41) is 7.28. The first-order valence-corrected chi connectivity index (χ1v) is 6.57. The molecule has 0 saturated heterocycles. The summed E-state index contributed by atoms with van der Waals surface area (Å²) < 4.78 is 21.2. The fourth-order valence-corrected chi connectivity index (χ4v) is 1.71. The molecular formula is C9H13N3O4S. The van der Waals surface area contributed by atoms with Gasteiger partial charge >= 0.3 is 0 Å². The number of primary sulfonamides is 1. The first-order chi connectivity index (χ1) is 7.88. The van der Waals surface area contributed by atoms with Crippen LogP contribution in [0.2, 0.25) is 0 Å². The minimum Gasteiger partial charge on any atom is -0.352 e. The molecule has 0 atom stereocenters. The number of aromatic amines is 1. The molecule has 8 heteroatoms. The Labute approximate surface area is 98.1 Å². The van der Waals surface area contributed by atoms with Gasteiger partial charge in [0.1, 0.15) is 0 Å². The van der Waals surface area contributed by atoms with Crippen LogP contribution >= 0.6 is 0 Å². The summed E-state index contributed by atoms with van der Waals surface area (Å²) in [4.78, 5) is 24.8. The third kappa shape index (κ3) is 5.27. The van der Waals surface area contributed by atoms with Gasteiger partial charge in [-0.05, 0) is 12.5 Å². The normalized spacial score (nSPS) is 11.1. The molecular weight excluding hydrogens is 246 g/mol. The van der Waals surface area contributed by atoms with Gasteiger partial charge in [0, 0.05) is 24.4 Å². The lowest BCUT2D eigenvalue weighted by molar-refractivity contribution is 0.0953. The topological polar surface area (TPSA) is 122 Å². The lowest BCUT2D eigenvalue weighted by atomic mass is 10.2. The van der Waals surface area contributed by atoms with Crippen molar-refractivity contribution in [3.63, 3.8) is 0 Å². The fraction of sp³-hybridized carbons (Fsp3) is 0.333. The summed E-state index contributed by atoms with van der Waals surface area (Å²) in [7, 11) is -3.50. The number of sulfonamides is 1. The second kappa shape index (κ2) is 5.60. The van der Waals surface area contributed by atoms with Gasteiger partial charge in [-0.15, -0.1) is 0 Å².